The van der Waals surface area contributed by atoms with E-state index in [4.69, 9.17) is 15.2 Å². The molecule has 2 aliphatic heterocycles. The largest absolute Gasteiger partial charge is 0.465 e. The molecule has 0 radical (unpaired) electrons. The minimum atomic E-state index is -3.02. The second-order valence-electron chi connectivity index (χ2n) is 6.33. The molecule has 0 aromatic carbocycles. The third-order valence-corrected chi connectivity index (χ3v) is 5.55. The molecule has 0 saturated carbocycles. The number of nitrogens with one attached hydrogen (secondary N) is 1. The number of amidine groups is 1. The van der Waals surface area contributed by atoms with Crippen molar-refractivity contribution in [1.29, 1.82) is 0 Å². The van der Waals surface area contributed by atoms with E-state index in [1.165, 1.54) is 11.3 Å². The molecule has 1 fully saturated rings. The molecular formula is C16H16F2N6O4S. The molecule has 0 spiro atoms. The fourth-order valence-corrected chi connectivity index (χ4v) is 4.11. The number of aromatic nitrogens is 3. The van der Waals surface area contributed by atoms with E-state index in [1.54, 1.807) is 5.38 Å². The number of halogens is 2. The predicted molar refractivity (Wildman–Crippen MR) is 96.9 cm³/mol. The summed E-state index contributed by atoms with van der Waals surface area (Å²) in [6, 6.07) is 0.0777. The number of thiazole rings is 1. The standard InChI is InChI=1S/C16H16F2N6O4S/c17-14(18)28-11-4-20-9(3-21-11)12(25)22-10-6-29-13(23-10)16-7-26-2-1-8(16)5-27-15(19)24-16/h3-4,6,8,14H,1-2,5,7H2,(H2,19,24)(H,22,25). The van der Waals surface area contributed by atoms with Crippen LogP contribution in [-0.2, 0) is 15.0 Å². The van der Waals surface area contributed by atoms with E-state index in [-0.39, 0.29) is 23.5 Å². The van der Waals surface area contributed by atoms with Gasteiger partial charge in [-0.15, -0.1) is 11.3 Å². The van der Waals surface area contributed by atoms with Gasteiger partial charge < -0.3 is 25.3 Å². The third kappa shape index (κ3) is 3.96. The van der Waals surface area contributed by atoms with Gasteiger partial charge in [0, 0.05) is 17.9 Å². The van der Waals surface area contributed by atoms with Crippen LogP contribution in [0.4, 0.5) is 14.6 Å². The Bertz CT molecular complexity index is 924. The van der Waals surface area contributed by atoms with Gasteiger partial charge in [0.1, 0.15) is 22.1 Å². The average molecular weight is 426 g/mol. The quantitative estimate of drug-likeness (QED) is 0.732. The van der Waals surface area contributed by atoms with E-state index in [9.17, 15) is 13.6 Å². The van der Waals surface area contributed by atoms with Crippen LogP contribution in [0.1, 0.15) is 21.9 Å². The Labute approximate surface area is 167 Å². The first-order chi connectivity index (χ1) is 14.0. The molecule has 2 aliphatic rings. The first-order valence-corrected chi connectivity index (χ1v) is 9.44. The number of amides is 1. The molecule has 10 nitrogen and oxygen atoms in total. The number of anilines is 1. The average Bonchev–Trinajstić information content (AvgIpc) is 3.17. The summed E-state index contributed by atoms with van der Waals surface area (Å²) in [5, 5.41) is 4.91. The van der Waals surface area contributed by atoms with E-state index in [0.29, 0.717) is 30.6 Å². The molecule has 13 heteroatoms. The van der Waals surface area contributed by atoms with Crippen molar-refractivity contribution in [2.24, 2.45) is 16.6 Å². The fraction of sp³-hybridized carbons (Fsp3) is 0.438. The van der Waals surface area contributed by atoms with Crippen molar-refractivity contribution in [2.45, 2.75) is 18.6 Å². The first kappa shape index (κ1) is 19.4. The highest BCUT2D eigenvalue weighted by atomic mass is 32.1. The van der Waals surface area contributed by atoms with Crippen molar-refractivity contribution in [3.8, 4) is 5.88 Å². The van der Waals surface area contributed by atoms with Gasteiger partial charge >= 0.3 is 6.61 Å². The Hall–Kier alpha value is -2.93. The number of ether oxygens (including phenoxy) is 3. The monoisotopic (exact) mass is 426 g/mol. The normalized spacial score (nSPS) is 23.7. The van der Waals surface area contributed by atoms with Crippen LogP contribution in [0.5, 0.6) is 5.88 Å². The molecule has 154 valence electrons. The molecule has 29 heavy (non-hydrogen) atoms. The highest BCUT2D eigenvalue weighted by Gasteiger charge is 2.48. The molecule has 2 aromatic rings. The lowest BCUT2D eigenvalue weighted by Gasteiger charge is -2.41. The lowest BCUT2D eigenvalue weighted by Crippen LogP contribution is -2.49. The molecule has 1 amide bonds. The van der Waals surface area contributed by atoms with E-state index in [2.05, 4.69) is 30.0 Å². The summed E-state index contributed by atoms with van der Waals surface area (Å²) in [6.45, 7) is -1.68. The summed E-state index contributed by atoms with van der Waals surface area (Å²) in [7, 11) is 0. The lowest BCUT2D eigenvalue weighted by molar-refractivity contribution is -0.0531. The summed E-state index contributed by atoms with van der Waals surface area (Å²) in [5.41, 5.74) is 4.95. The van der Waals surface area contributed by atoms with Crippen molar-refractivity contribution in [3.63, 3.8) is 0 Å². The molecule has 3 N–H and O–H groups in total. The maximum Gasteiger partial charge on any atom is 0.388 e. The van der Waals surface area contributed by atoms with Crippen LogP contribution < -0.4 is 15.8 Å². The van der Waals surface area contributed by atoms with Crippen LogP contribution in [0.25, 0.3) is 0 Å². The van der Waals surface area contributed by atoms with Crippen LogP contribution in [0, 0.1) is 5.92 Å². The van der Waals surface area contributed by atoms with Gasteiger partial charge in [0.2, 0.25) is 5.88 Å². The topological polar surface area (TPSA) is 134 Å². The Balaban J connectivity index is 1.50. The van der Waals surface area contributed by atoms with Crippen molar-refractivity contribution in [2.75, 3.05) is 25.1 Å². The summed E-state index contributed by atoms with van der Waals surface area (Å²) in [6.07, 6.45) is 2.73. The number of hydrogen-bond acceptors (Lipinski definition) is 10. The van der Waals surface area contributed by atoms with Crippen LogP contribution in [0.2, 0.25) is 0 Å². The van der Waals surface area contributed by atoms with Crippen molar-refractivity contribution >= 4 is 29.1 Å². The number of nitrogens with two attached hydrogens (primary N) is 1. The van der Waals surface area contributed by atoms with Gasteiger partial charge in [-0.25, -0.2) is 19.9 Å². The second kappa shape index (κ2) is 7.83. The number of carbonyl (C=O) groups excluding carboxylic acids is 1. The van der Waals surface area contributed by atoms with Crippen LogP contribution in [-0.4, -0.2) is 53.3 Å². The molecule has 1 saturated heterocycles. The third-order valence-electron chi connectivity index (χ3n) is 4.54. The van der Waals surface area contributed by atoms with Gasteiger partial charge in [-0.3, -0.25) is 4.79 Å². The van der Waals surface area contributed by atoms with Gasteiger partial charge in [-0.2, -0.15) is 8.78 Å². The maximum absolute atomic E-state index is 12.3. The second-order valence-corrected chi connectivity index (χ2v) is 7.19. The molecular weight excluding hydrogens is 410 g/mol. The Morgan fingerprint density at radius 2 is 2.28 bits per heavy atom. The van der Waals surface area contributed by atoms with E-state index in [0.717, 1.165) is 18.8 Å². The minimum absolute atomic E-state index is 0.0616. The highest BCUT2D eigenvalue weighted by Crippen LogP contribution is 2.43. The number of fused-ring (bicyclic) bond motifs is 1. The number of hydrogen-bond donors (Lipinski definition) is 2. The van der Waals surface area contributed by atoms with Crippen LogP contribution in [0.15, 0.2) is 22.8 Å². The van der Waals surface area contributed by atoms with E-state index in [1.807, 2.05) is 0 Å². The maximum atomic E-state index is 12.3. The molecule has 4 rings (SSSR count). The van der Waals surface area contributed by atoms with Crippen LogP contribution in [0.3, 0.4) is 0 Å². The molecule has 4 heterocycles. The SMILES string of the molecule is NC1=NC2(c3nc(NC(=O)c4cnc(OC(F)F)cn4)cs3)COCCC2CO1. The zero-order valence-corrected chi connectivity index (χ0v) is 15.7. The molecule has 2 unspecified atom stereocenters. The van der Waals surface area contributed by atoms with Gasteiger partial charge in [0.05, 0.1) is 25.6 Å². The van der Waals surface area contributed by atoms with Gasteiger partial charge in [0.25, 0.3) is 11.9 Å². The summed E-state index contributed by atoms with van der Waals surface area (Å²) < 4.78 is 39.4. The molecule has 0 bridgehead atoms. The first-order valence-electron chi connectivity index (χ1n) is 8.56. The number of alkyl halides is 2. The Kier molecular flexibility index (Phi) is 5.24. The predicted octanol–water partition coefficient (Wildman–Crippen LogP) is 1.36. The summed E-state index contributed by atoms with van der Waals surface area (Å²) >= 11 is 1.32. The van der Waals surface area contributed by atoms with Crippen molar-refractivity contribution in [3.05, 3.63) is 28.5 Å². The molecule has 2 atom stereocenters. The summed E-state index contributed by atoms with van der Waals surface area (Å²) in [5.74, 6) is -0.623. The van der Waals surface area contributed by atoms with Crippen molar-refractivity contribution < 1.29 is 27.8 Å². The van der Waals surface area contributed by atoms with E-state index >= 15 is 0 Å². The zero-order valence-electron chi connectivity index (χ0n) is 14.9. The Morgan fingerprint density at radius 1 is 1.41 bits per heavy atom. The smallest absolute Gasteiger partial charge is 0.388 e. The minimum Gasteiger partial charge on any atom is -0.465 e. The number of aliphatic imine (C=N–C) groups is 1. The van der Waals surface area contributed by atoms with Crippen LogP contribution >= 0.6 is 11.3 Å². The number of carbonyl (C=O) groups is 1. The molecule has 0 aliphatic carbocycles. The van der Waals surface area contributed by atoms with Crippen molar-refractivity contribution in [1.82, 2.24) is 15.0 Å². The molecule has 2 aromatic heterocycles. The fourth-order valence-electron chi connectivity index (χ4n) is 3.15. The van der Waals surface area contributed by atoms with Gasteiger partial charge in [0.15, 0.2) is 0 Å². The number of nitrogens with zero attached hydrogens (tertiary/aromatic N) is 4. The zero-order chi connectivity index (χ0) is 20.4. The van der Waals surface area contributed by atoms with Gasteiger partial charge in [-0.05, 0) is 6.42 Å². The summed E-state index contributed by atoms with van der Waals surface area (Å²) in [4.78, 5) is 28.7. The van der Waals surface area contributed by atoms with Gasteiger partial charge in [-0.1, -0.05) is 0 Å². The van der Waals surface area contributed by atoms with E-state index < -0.39 is 18.1 Å². The number of rotatable bonds is 5. The highest BCUT2D eigenvalue weighted by molar-refractivity contribution is 7.10. The Morgan fingerprint density at radius 3 is 3.03 bits per heavy atom. The lowest BCUT2D eigenvalue weighted by atomic mass is 9.81.